The Balaban J connectivity index is 2.32. The zero-order valence-corrected chi connectivity index (χ0v) is 12.5. The summed E-state index contributed by atoms with van der Waals surface area (Å²) in [6, 6.07) is 2.01. The molecule has 0 aliphatic carbocycles. The predicted molar refractivity (Wildman–Crippen MR) is 78.0 cm³/mol. The first-order chi connectivity index (χ1) is 9.47. The van der Waals surface area contributed by atoms with Gasteiger partial charge in [-0.25, -0.2) is 13.8 Å². The predicted octanol–water partition coefficient (Wildman–Crippen LogP) is 4.00. The molecule has 0 amide bonds. The van der Waals surface area contributed by atoms with E-state index in [0.717, 1.165) is 17.7 Å². The Labute approximate surface area is 124 Å². The molecule has 0 atom stereocenters. The standard InChI is InChI=1S/C13H7BrF2N2OS/c1-5-4-20-11-10(5)17-12(18-13(11)19)6-2-9(16)7(14)3-8(6)15/h2-4H,1H3,(H,17,18,19). The van der Waals surface area contributed by atoms with Crippen LogP contribution in [0.15, 0.2) is 26.8 Å². The maximum atomic E-state index is 13.9. The lowest BCUT2D eigenvalue weighted by atomic mass is 10.2. The van der Waals surface area contributed by atoms with Crippen LogP contribution in [-0.4, -0.2) is 9.97 Å². The SMILES string of the molecule is Cc1csc2c(=O)[nH]c(-c3cc(F)c(Br)cc3F)nc12. The number of halogens is 3. The zero-order valence-electron chi connectivity index (χ0n) is 10.1. The number of benzene rings is 1. The van der Waals surface area contributed by atoms with Crippen LogP contribution in [0.5, 0.6) is 0 Å². The molecule has 0 saturated heterocycles. The molecule has 0 aliphatic heterocycles. The van der Waals surface area contributed by atoms with Gasteiger partial charge in [0.05, 0.1) is 15.6 Å². The molecule has 1 aromatic carbocycles. The molecule has 3 nitrogen and oxygen atoms in total. The van der Waals surface area contributed by atoms with Crippen LogP contribution in [0.25, 0.3) is 21.6 Å². The minimum atomic E-state index is -0.659. The van der Waals surface area contributed by atoms with Gasteiger partial charge in [0.2, 0.25) is 0 Å². The molecular weight excluding hydrogens is 350 g/mol. The quantitative estimate of drug-likeness (QED) is 0.669. The highest BCUT2D eigenvalue weighted by Gasteiger charge is 2.15. The molecule has 7 heteroatoms. The molecular formula is C13H7BrF2N2OS. The summed E-state index contributed by atoms with van der Waals surface area (Å²) in [6.45, 7) is 1.81. The number of aromatic nitrogens is 2. The van der Waals surface area contributed by atoms with Crippen molar-refractivity contribution in [3.63, 3.8) is 0 Å². The van der Waals surface area contributed by atoms with Gasteiger partial charge in [-0.15, -0.1) is 11.3 Å². The Bertz CT molecular complexity index is 888. The maximum Gasteiger partial charge on any atom is 0.269 e. The lowest BCUT2D eigenvalue weighted by molar-refractivity contribution is 0.596. The molecule has 2 heterocycles. The molecule has 0 bridgehead atoms. The van der Waals surface area contributed by atoms with E-state index >= 15 is 0 Å². The minimum Gasteiger partial charge on any atom is -0.305 e. The van der Waals surface area contributed by atoms with Gasteiger partial charge in [0.15, 0.2) is 0 Å². The second-order valence-corrected chi connectivity index (χ2v) is 5.99. The van der Waals surface area contributed by atoms with Crippen molar-refractivity contribution < 1.29 is 8.78 Å². The molecule has 0 spiro atoms. The van der Waals surface area contributed by atoms with Gasteiger partial charge in [-0.1, -0.05) is 0 Å². The fourth-order valence-electron chi connectivity index (χ4n) is 1.87. The highest BCUT2D eigenvalue weighted by molar-refractivity contribution is 9.10. The zero-order chi connectivity index (χ0) is 14.4. The van der Waals surface area contributed by atoms with E-state index in [4.69, 9.17) is 0 Å². The second-order valence-electron chi connectivity index (χ2n) is 4.26. The Kier molecular flexibility index (Phi) is 3.18. The number of aromatic amines is 1. The van der Waals surface area contributed by atoms with Crippen LogP contribution in [0, 0.1) is 18.6 Å². The minimum absolute atomic E-state index is 0.0212. The van der Waals surface area contributed by atoms with Crippen LogP contribution in [0.1, 0.15) is 5.56 Å². The summed E-state index contributed by atoms with van der Waals surface area (Å²) in [6.07, 6.45) is 0. The Morgan fingerprint density at radius 3 is 2.80 bits per heavy atom. The van der Waals surface area contributed by atoms with Crippen LogP contribution < -0.4 is 5.56 Å². The van der Waals surface area contributed by atoms with Crippen molar-refractivity contribution >= 4 is 37.5 Å². The normalized spacial score (nSPS) is 11.2. The van der Waals surface area contributed by atoms with E-state index in [9.17, 15) is 13.6 Å². The molecule has 0 unspecified atom stereocenters. The summed E-state index contributed by atoms with van der Waals surface area (Å²) in [5.74, 6) is -1.26. The number of hydrogen-bond acceptors (Lipinski definition) is 3. The number of nitrogens with one attached hydrogen (secondary N) is 1. The first-order valence-corrected chi connectivity index (χ1v) is 7.27. The van der Waals surface area contributed by atoms with Crippen LogP contribution >= 0.6 is 27.3 Å². The number of thiophene rings is 1. The van der Waals surface area contributed by atoms with Crippen molar-refractivity contribution in [3.8, 4) is 11.4 Å². The topological polar surface area (TPSA) is 45.8 Å². The van der Waals surface area contributed by atoms with E-state index in [1.165, 1.54) is 11.3 Å². The molecule has 0 fully saturated rings. The van der Waals surface area contributed by atoms with Crippen LogP contribution in [-0.2, 0) is 0 Å². The fraction of sp³-hybridized carbons (Fsp3) is 0.0769. The van der Waals surface area contributed by atoms with Gasteiger partial charge in [0.25, 0.3) is 5.56 Å². The molecule has 2 aromatic heterocycles. The fourth-order valence-corrected chi connectivity index (χ4v) is 3.07. The molecule has 0 aliphatic rings. The number of hydrogen-bond donors (Lipinski definition) is 1. The van der Waals surface area contributed by atoms with Crippen molar-refractivity contribution in [2.75, 3.05) is 0 Å². The highest BCUT2D eigenvalue weighted by Crippen LogP contribution is 2.27. The molecule has 20 heavy (non-hydrogen) atoms. The molecule has 3 rings (SSSR count). The van der Waals surface area contributed by atoms with Gasteiger partial charge in [-0.05, 0) is 45.9 Å². The largest absolute Gasteiger partial charge is 0.305 e. The van der Waals surface area contributed by atoms with Gasteiger partial charge in [0.1, 0.15) is 22.2 Å². The van der Waals surface area contributed by atoms with Crippen molar-refractivity contribution in [2.45, 2.75) is 6.92 Å². The Morgan fingerprint density at radius 2 is 2.05 bits per heavy atom. The number of aryl methyl sites for hydroxylation is 1. The summed E-state index contributed by atoms with van der Waals surface area (Å²) >= 11 is 4.18. The second kappa shape index (κ2) is 4.75. The summed E-state index contributed by atoms with van der Waals surface area (Å²) in [4.78, 5) is 18.7. The van der Waals surface area contributed by atoms with Crippen LogP contribution in [0.3, 0.4) is 0 Å². The van der Waals surface area contributed by atoms with Crippen molar-refractivity contribution in [1.29, 1.82) is 0 Å². The summed E-state index contributed by atoms with van der Waals surface area (Å²) in [7, 11) is 0. The monoisotopic (exact) mass is 356 g/mol. The van der Waals surface area contributed by atoms with Crippen molar-refractivity contribution in [1.82, 2.24) is 9.97 Å². The van der Waals surface area contributed by atoms with Gasteiger partial charge in [-0.2, -0.15) is 0 Å². The summed E-state index contributed by atoms with van der Waals surface area (Å²) in [5, 5.41) is 1.80. The Morgan fingerprint density at radius 1 is 1.30 bits per heavy atom. The average molecular weight is 357 g/mol. The van der Waals surface area contributed by atoms with Gasteiger partial charge < -0.3 is 4.98 Å². The van der Waals surface area contributed by atoms with E-state index in [0.29, 0.717) is 10.2 Å². The lowest BCUT2D eigenvalue weighted by Gasteiger charge is -2.05. The first-order valence-electron chi connectivity index (χ1n) is 5.60. The maximum absolute atomic E-state index is 13.9. The van der Waals surface area contributed by atoms with E-state index in [-0.39, 0.29) is 21.4 Å². The molecule has 3 aromatic rings. The van der Waals surface area contributed by atoms with Crippen LogP contribution in [0.4, 0.5) is 8.78 Å². The third kappa shape index (κ3) is 2.06. The Hall–Kier alpha value is -1.60. The highest BCUT2D eigenvalue weighted by atomic mass is 79.9. The summed E-state index contributed by atoms with van der Waals surface area (Å²) < 4.78 is 28.0. The lowest BCUT2D eigenvalue weighted by Crippen LogP contribution is -2.08. The number of fused-ring (bicyclic) bond motifs is 1. The third-order valence-electron chi connectivity index (χ3n) is 2.87. The van der Waals surface area contributed by atoms with Gasteiger partial charge in [-0.3, -0.25) is 4.79 Å². The smallest absolute Gasteiger partial charge is 0.269 e. The van der Waals surface area contributed by atoms with Crippen LogP contribution in [0.2, 0.25) is 0 Å². The van der Waals surface area contributed by atoms with E-state index in [1.807, 2.05) is 6.92 Å². The summed E-state index contributed by atoms with van der Waals surface area (Å²) in [5.41, 5.74) is 0.910. The molecule has 1 N–H and O–H groups in total. The number of nitrogens with zero attached hydrogens (tertiary/aromatic N) is 1. The van der Waals surface area contributed by atoms with Crippen molar-refractivity contribution in [2.24, 2.45) is 0 Å². The average Bonchev–Trinajstić information content (AvgIpc) is 2.76. The van der Waals surface area contributed by atoms with Gasteiger partial charge in [0, 0.05) is 0 Å². The van der Waals surface area contributed by atoms with E-state index < -0.39 is 11.6 Å². The van der Waals surface area contributed by atoms with E-state index in [1.54, 1.807) is 5.38 Å². The number of rotatable bonds is 1. The first kappa shape index (κ1) is 13.4. The van der Waals surface area contributed by atoms with Crippen molar-refractivity contribution in [3.05, 3.63) is 49.5 Å². The third-order valence-corrected chi connectivity index (χ3v) is 4.56. The number of H-pyrrole nitrogens is 1. The molecule has 102 valence electrons. The van der Waals surface area contributed by atoms with E-state index in [2.05, 4.69) is 25.9 Å². The molecule has 0 radical (unpaired) electrons. The molecule has 0 saturated carbocycles. The van der Waals surface area contributed by atoms with Gasteiger partial charge >= 0.3 is 0 Å².